The Kier molecular flexibility index (Phi) is 6.39. The van der Waals surface area contributed by atoms with Gasteiger partial charge in [-0.3, -0.25) is 0 Å². The topological polar surface area (TPSA) is 14.8 Å². The molecule has 0 spiro atoms. The Morgan fingerprint density at radius 3 is 0.850 bits per heavy atom. The third-order valence-corrected chi connectivity index (χ3v) is 14.7. The summed E-state index contributed by atoms with van der Waals surface area (Å²) in [6.45, 7) is 14.4. The van der Waals surface area contributed by atoms with Crippen LogP contribution in [-0.2, 0) is 16.2 Å². The monoisotopic (exact) mass is 771 g/mol. The number of para-hydroxylation sites is 3. The maximum Gasteiger partial charge on any atom is 0.0585 e. The minimum atomic E-state index is -0.156. The van der Waals surface area contributed by atoms with Gasteiger partial charge in [-0.1, -0.05) is 169 Å². The summed E-state index contributed by atoms with van der Waals surface area (Å²) in [5.41, 5.74) is 22.9. The summed E-state index contributed by atoms with van der Waals surface area (Å²) in [5.74, 6) is 0. The van der Waals surface area contributed by atoms with Crippen LogP contribution >= 0.6 is 0 Å². The van der Waals surface area contributed by atoms with Gasteiger partial charge < -0.3 is 13.7 Å². The maximum atomic E-state index is 2.58. The SMILES string of the molecule is CC1(C)c2ccccc2-c2c1c1ccccc1n2-c1cc(-n2c3c(c4ccccc42)C(C)(C)c2ccccc2-3)cc(-n2c3c(c4ccccc42)C(C)(C)c2ccccc2-3)c1. The molecule has 13 rings (SSSR count). The van der Waals surface area contributed by atoms with Crippen molar-refractivity contribution < 1.29 is 0 Å². The van der Waals surface area contributed by atoms with Crippen molar-refractivity contribution in [1.29, 1.82) is 0 Å². The molecule has 0 N–H and O–H groups in total. The van der Waals surface area contributed by atoms with Crippen LogP contribution < -0.4 is 0 Å². The number of hydrogen-bond donors (Lipinski definition) is 0. The van der Waals surface area contributed by atoms with Crippen molar-refractivity contribution in [2.75, 3.05) is 0 Å². The van der Waals surface area contributed by atoms with Crippen LogP contribution in [0.15, 0.2) is 164 Å². The molecule has 0 saturated heterocycles. The molecule has 3 aliphatic rings. The second-order valence-electron chi connectivity index (χ2n) is 18.9. The first kappa shape index (κ1) is 34.1. The van der Waals surface area contributed by atoms with Crippen molar-refractivity contribution in [1.82, 2.24) is 13.7 Å². The summed E-state index contributed by atoms with van der Waals surface area (Å²) >= 11 is 0. The van der Waals surface area contributed by atoms with Crippen molar-refractivity contribution in [2.24, 2.45) is 0 Å². The molecule has 288 valence electrons. The minimum Gasteiger partial charge on any atom is -0.309 e. The Morgan fingerprint density at radius 2 is 0.550 bits per heavy atom. The van der Waals surface area contributed by atoms with Gasteiger partial charge in [-0.25, -0.2) is 0 Å². The number of fused-ring (bicyclic) bond motifs is 15. The molecule has 0 aliphatic heterocycles. The third-order valence-electron chi connectivity index (χ3n) is 14.7. The van der Waals surface area contributed by atoms with Gasteiger partial charge in [-0.05, 0) is 69.8 Å². The first-order chi connectivity index (χ1) is 29.1. The zero-order chi connectivity index (χ0) is 40.4. The molecule has 0 radical (unpaired) electrons. The van der Waals surface area contributed by atoms with Gasteiger partial charge in [-0.15, -0.1) is 0 Å². The lowest BCUT2D eigenvalue weighted by molar-refractivity contribution is 0.666. The summed E-state index contributed by atoms with van der Waals surface area (Å²) in [6, 6.07) is 61.8. The summed E-state index contributed by atoms with van der Waals surface area (Å²) in [4.78, 5) is 0. The van der Waals surface area contributed by atoms with Gasteiger partial charge in [-0.2, -0.15) is 0 Å². The normalized spacial score (nSPS) is 15.9. The van der Waals surface area contributed by atoms with Crippen LogP contribution in [0.5, 0.6) is 0 Å². The highest BCUT2D eigenvalue weighted by Crippen LogP contribution is 2.57. The number of hydrogen-bond acceptors (Lipinski definition) is 0. The largest absolute Gasteiger partial charge is 0.309 e. The van der Waals surface area contributed by atoms with Crippen molar-refractivity contribution in [3.05, 3.63) is 197 Å². The van der Waals surface area contributed by atoms with E-state index in [4.69, 9.17) is 0 Å². The van der Waals surface area contributed by atoms with Gasteiger partial charge in [0.2, 0.25) is 0 Å². The van der Waals surface area contributed by atoms with Gasteiger partial charge in [0.15, 0.2) is 0 Å². The van der Waals surface area contributed by atoms with Crippen LogP contribution in [0, 0.1) is 0 Å². The Hall–Kier alpha value is -6.84. The summed E-state index contributed by atoms with van der Waals surface area (Å²) < 4.78 is 7.75. The molecule has 10 aromatic rings. The molecule has 0 amide bonds. The molecule has 7 aromatic carbocycles. The van der Waals surface area contributed by atoms with Crippen LogP contribution in [0.4, 0.5) is 0 Å². The third kappa shape index (κ3) is 4.01. The van der Waals surface area contributed by atoms with E-state index in [0.717, 1.165) is 17.1 Å². The van der Waals surface area contributed by atoms with E-state index >= 15 is 0 Å². The average Bonchev–Trinajstić information content (AvgIpc) is 4.06. The lowest BCUT2D eigenvalue weighted by atomic mass is 9.81. The van der Waals surface area contributed by atoms with Crippen LogP contribution in [0.1, 0.15) is 74.9 Å². The molecule has 3 heterocycles. The van der Waals surface area contributed by atoms with Crippen LogP contribution in [0.2, 0.25) is 0 Å². The molecular weight excluding hydrogens is 727 g/mol. The van der Waals surface area contributed by atoms with Crippen LogP contribution in [0.3, 0.4) is 0 Å². The van der Waals surface area contributed by atoms with Gasteiger partial charge in [0.25, 0.3) is 0 Å². The Morgan fingerprint density at radius 1 is 0.300 bits per heavy atom. The smallest absolute Gasteiger partial charge is 0.0585 e. The molecule has 0 saturated carbocycles. The molecule has 3 nitrogen and oxygen atoms in total. The second-order valence-corrected chi connectivity index (χ2v) is 18.9. The van der Waals surface area contributed by atoms with Gasteiger partial charge in [0.1, 0.15) is 0 Å². The molecule has 0 atom stereocenters. The fourth-order valence-electron chi connectivity index (χ4n) is 12.3. The number of nitrogens with zero attached hydrogens (tertiary/aromatic N) is 3. The standard InChI is InChI=1S/C57H45N3/c1-55(2)43-25-13-7-19-37(43)52-49(55)40-22-10-16-28-46(40)58(52)34-31-35(59-47-29-17-11-23-41(47)50-53(59)38-20-8-14-26-44(38)56(50,3)4)33-36(32-34)60-48-30-18-12-24-42(48)51-54(60)39-21-9-15-27-45(39)57(51,5)6/h7-33H,1-6H3. The molecule has 0 bridgehead atoms. The second kappa shape index (κ2) is 11.2. The summed E-state index contributed by atoms with van der Waals surface area (Å²) in [7, 11) is 0. The van der Waals surface area contributed by atoms with Crippen molar-refractivity contribution in [3.8, 4) is 50.8 Å². The van der Waals surface area contributed by atoms with Crippen LogP contribution in [0.25, 0.3) is 83.5 Å². The lowest BCUT2D eigenvalue weighted by Gasteiger charge is -2.21. The summed E-state index contributed by atoms with van der Waals surface area (Å²) in [5, 5.41) is 3.94. The van der Waals surface area contributed by atoms with E-state index in [1.54, 1.807) is 0 Å². The van der Waals surface area contributed by atoms with Crippen LogP contribution in [-0.4, -0.2) is 13.7 Å². The highest BCUT2D eigenvalue weighted by Gasteiger charge is 2.44. The molecule has 60 heavy (non-hydrogen) atoms. The van der Waals surface area contributed by atoms with E-state index < -0.39 is 0 Å². The number of benzene rings is 7. The first-order valence-corrected chi connectivity index (χ1v) is 21.5. The zero-order valence-electron chi connectivity index (χ0n) is 34.9. The van der Waals surface area contributed by atoms with Crippen molar-refractivity contribution in [3.63, 3.8) is 0 Å². The molecular formula is C57H45N3. The van der Waals surface area contributed by atoms with E-state index in [1.807, 2.05) is 0 Å². The van der Waals surface area contributed by atoms with Gasteiger partial charge in [0, 0.05) is 49.1 Å². The lowest BCUT2D eigenvalue weighted by Crippen LogP contribution is -2.14. The van der Waals surface area contributed by atoms with E-state index in [0.29, 0.717) is 0 Å². The molecule has 0 fully saturated rings. The van der Waals surface area contributed by atoms with E-state index in [9.17, 15) is 0 Å². The highest BCUT2D eigenvalue weighted by atomic mass is 15.1. The maximum absolute atomic E-state index is 2.58. The predicted molar refractivity (Wildman–Crippen MR) is 250 cm³/mol. The Balaban J connectivity index is 1.21. The Labute approximate surface area is 350 Å². The highest BCUT2D eigenvalue weighted by molar-refractivity contribution is 6.03. The molecule has 3 heteroatoms. The average molecular weight is 772 g/mol. The minimum absolute atomic E-state index is 0.156. The number of rotatable bonds is 3. The fourth-order valence-corrected chi connectivity index (χ4v) is 12.3. The molecule has 0 unspecified atom stereocenters. The van der Waals surface area contributed by atoms with Gasteiger partial charge >= 0.3 is 0 Å². The van der Waals surface area contributed by atoms with Crippen molar-refractivity contribution >= 4 is 32.7 Å². The Bertz CT molecular complexity index is 3140. The van der Waals surface area contributed by atoms with Gasteiger partial charge in [0.05, 0.1) is 50.7 Å². The fraction of sp³-hybridized carbons (Fsp3) is 0.158. The van der Waals surface area contributed by atoms with E-state index in [2.05, 4.69) is 219 Å². The first-order valence-electron chi connectivity index (χ1n) is 21.5. The predicted octanol–water partition coefficient (Wildman–Crippen LogP) is 14.4. The summed E-state index contributed by atoms with van der Waals surface area (Å²) in [6.07, 6.45) is 0. The van der Waals surface area contributed by atoms with Crippen molar-refractivity contribution in [2.45, 2.75) is 57.8 Å². The zero-order valence-corrected chi connectivity index (χ0v) is 34.9. The quantitative estimate of drug-likeness (QED) is 0.170. The van der Waals surface area contributed by atoms with E-state index in [-0.39, 0.29) is 16.2 Å². The molecule has 3 aromatic heterocycles. The van der Waals surface area contributed by atoms with E-state index in [1.165, 1.54) is 99.9 Å². The molecule has 3 aliphatic carbocycles. The number of aromatic nitrogens is 3.